The lowest BCUT2D eigenvalue weighted by Crippen LogP contribution is -2.38. The van der Waals surface area contributed by atoms with Gasteiger partial charge in [-0.15, -0.1) is 0 Å². The Bertz CT molecular complexity index is 877. The predicted molar refractivity (Wildman–Crippen MR) is 91.8 cm³/mol. The number of halogens is 2. The number of ether oxygens (including phenoxy) is 1. The molecule has 0 N–H and O–H groups in total. The van der Waals surface area contributed by atoms with E-state index >= 15 is 0 Å². The zero-order valence-electron chi connectivity index (χ0n) is 13.5. The molecule has 4 rings (SSSR count). The normalized spacial score (nSPS) is 15.5. The van der Waals surface area contributed by atoms with Gasteiger partial charge in [0.25, 0.3) is 0 Å². The first-order valence-corrected chi connectivity index (χ1v) is 8.26. The van der Waals surface area contributed by atoms with Gasteiger partial charge in [0.2, 0.25) is 0 Å². The molecule has 0 aliphatic carbocycles. The Morgan fingerprint density at radius 1 is 0.920 bits per heavy atom. The molecule has 25 heavy (non-hydrogen) atoms. The van der Waals surface area contributed by atoms with E-state index in [9.17, 15) is 8.78 Å². The minimum absolute atomic E-state index is 0.0755. The van der Waals surface area contributed by atoms with Crippen LogP contribution in [0.15, 0.2) is 48.8 Å². The first-order valence-electron chi connectivity index (χ1n) is 8.26. The minimum atomic E-state index is -0.293. The summed E-state index contributed by atoms with van der Waals surface area (Å²) >= 11 is 0. The minimum Gasteiger partial charge on any atom is -0.490 e. The van der Waals surface area contributed by atoms with Crippen LogP contribution in [0.25, 0.3) is 10.9 Å². The van der Waals surface area contributed by atoms with E-state index in [1.54, 1.807) is 18.2 Å². The van der Waals surface area contributed by atoms with Crippen LogP contribution < -0.4 is 9.64 Å². The lowest BCUT2D eigenvalue weighted by atomic mass is 10.1. The van der Waals surface area contributed by atoms with E-state index in [4.69, 9.17) is 4.74 Å². The molecule has 1 aliphatic heterocycles. The summed E-state index contributed by atoms with van der Waals surface area (Å²) in [6.45, 7) is 1.52. The molecule has 2 aromatic carbocycles. The molecule has 6 heteroatoms. The van der Waals surface area contributed by atoms with Gasteiger partial charge in [-0.25, -0.2) is 18.7 Å². The molecule has 4 nitrogen and oxygen atoms in total. The van der Waals surface area contributed by atoms with Crippen LogP contribution in [0.4, 0.5) is 14.6 Å². The third kappa shape index (κ3) is 3.38. The van der Waals surface area contributed by atoms with Gasteiger partial charge in [-0.3, -0.25) is 0 Å². The number of fused-ring (bicyclic) bond motifs is 1. The van der Waals surface area contributed by atoms with E-state index in [-0.39, 0.29) is 17.7 Å². The molecule has 1 aromatic heterocycles. The van der Waals surface area contributed by atoms with Crippen LogP contribution in [-0.4, -0.2) is 29.2 Å². The summed E-state index contributed by atoms with van der Waals surface area (Å²) in [5, 5.41) is 0.723. The maximum atomic E-state index is 13.6. The SMILES string of the molecule is Fc1ccc(OC2CCN(c3ncnc4ccc(F)cc34)CC2)cc1. The van der Waals surface area contributed by atoms with Gasteiger partial charge in [-0.05, 0) is 42.5 Å². The van der Waals surface area contributed by atoms with Gasteiger partial charge in [-0.1, -0.05) is 0 Å². The summed E-state index contributed by atoms with van der Waals surface area (Å²) in [4.78, 5) is 10.7. The number of nitrogens with zero attached hydrogens (tertiary/aromatic N) is 3. The van der Waals surface area contributed by atoms with Crippen molar-refractivity contribution in [3.63, 3.8) is 0 Å². The highest BCUT2D eigenvalue weighted by Crippen LogP contribution is 2.27. The quantitative estimate of drug-likeness (QED) is 0.723. The smallest absolute Gasteiger partial charge is 0.139 e. The van der Waals surface area contributed by atoms with E-state index in [0.717, 1.165) is 42.7 Å². The zero-order valence-corrected chi connectivity index (χ0v) is 13.5. The molecule has 1 saturated heterocycles. The highest BCUT2D eigenvalue weighted by molar-refractivity contribution is 5.89. The number of benzene rings is 2. The molecule has 0 amide bonds. The predicted octanol–water partition coefficient (Wildman–Crippen LogP) is 3.96. The molecule has 0 bridgehead atoms. The van der Waals surface area contributed by atoms with Crippen molar-refractivity contribution in [3.05, 3.63) is 60.4 Å². The average Bonchev–Trinajstić information content (AvgIpc) is 2.64. The van der Waals surface area contributed by atoms with Gasteiger partial charge < -0.3 is 9.64 Å². The monoisotopic (exact) mass is 341 g/mol. The lowest BCUT2D eigenvalue weighted by Gasteiger charge is -2.33. The van der Waals surface area contributed by atoms with Crippen molar-refractivity contribution in [1.29, 1.82) is 0 Å². The summed E-state index contributed by atoms with van der Waals surface area (Å²) in [7, 11) is 0. The fraction of sp³-hybridized carbons (Fsp3) is 0.263. The molecule has 0 saturated carbocycles. The summed E-state index contributed by atoms with van der Waals surface area (Å²) in [5.74, 6) is 0.863. The molecule has 2 heterocycles. The van der Waals surface area contributed by atoms with E-state index in [1.165, 1.54) is 30.6 Å². The summed E-state index contributed by atoms with van der Waals surface area (Å²) in [6, 6.07) is 10.6. The van der Waals surface area contributed by atoms with Gasteiger partial charge in [0.05, 0.1) is 5.52 Å². The van der Waals surface area contributed by atoms with Gasteiger partial charge >= 0.3 is 0 Å². The third-order valence-electron chi connectivity index (χ3n) is 4.43. The standard InChI is InChI=1S/C19H17F2N3O/c20-13-1-4-15(5-2-13)25-16-7-9-24(10-8-16)19-17-11-14(21)3-6-18(17)22-12-23-19/h1-6,11-12,16H,7-10H2. The average molecular weight is 341 g/mol. The Balaban J connectivity index is 1.47. The second kappa shape index (κ2) is 6.63. The molecule has 1 aliphatic rings. The van der Waals surface area contributed by atoms with Crippen LogP contribution in [0.5, 0.6) is 5.75 Å². The molecule has 0 unspecified atom stereocenters. The summed E-state index contributed by atoms with van der Waals surface area (Å²) in [6.07, 6.45) is 3.22. The van der Waals surface area contributed by atoms with Crippen LogP contribution in [0.1, 0.15) is 12.8 Å². The molecule has 1 fully saturated rings. The molecular weight excluding hydrogens is 324 g/mol. The number of aromatic nitrogens is 2. The molecule has 128 valence electrons. The number of hydrogen-bond acceptors (Lipinski definition) is 4. The van der Waals surface area contributed by atoms with E-state index in [0.29, 0.717) is 5.75 Å². The molecular formula is C19H17F2N3O. The number of anilines is 1. The topological polar surface area (TPSA) is 38.2 Å². The van der Waals surface area contributed by atoms with Crippen molar-refractivity contribution in [2.24, 2.45) is 0 Å². The van der Waals surface area contributed by atoms with Crippen LogP contribution in [0, 0.1) is 11.6 Å². The molecule has 3 aromatic rings. The van der Waals surface area contributed by atoms with Crippen LogP contribution >= 0.6 is 0 Å². The maximum absolute atomic E-state index is 13.6. The largest absolute Gasteiger partial charge is 0.490 e. The number of rotatable bonds is 3. The van der Waals surface area contributed by atoms with E-state index in [2.05, 4.69) is 14.9 Å². The Labute approximate surface area is 144 Å². The Morgan fingerprint density at radius 3 is 2.40 bits per heavy atom. The first-order chi connectivity index (χ1) is 12.2. The van der Waals surface area contributed by atoms with Gasteiger partial charge in [0.15, 0.2) is 0 Å². The number of hydrogen-bond donors (Lipinski definition) is 0. The molecule has 0 radical (unpaired) electrons. The zero-order chi connectivity index (χ0) is 17.2. The second-order valence-electron chi connectivity index (χ2n) is 6.12. The molecule has 0 spiro atoms. The van der Waals surface area contributed by atoms with Crippen LogP contribution in [-0.2, 0) is 0 Å². The van der Waals surface area contributed by atoms with Crippen molar-refractivity contribution in [2.45, 2.75) is 18.9 Å². The second-order valence-corrected chi connectivity index (χ2v) is 6.12. The van der Waals surface area contributed by atoms with Crippen LogP contribution in [0.2, 0.25) is 0 Å². The van der Waals surface area contributed by atoms with Crippen molar-refractivity contribution in [2.75, 3.05) is 18.0 Å². The van der Waals surface area contributed by atoms with Crippen molar-refractivity contribution in [3.8, 4) is 5.75 Å². The molecule has 0 atom stereocenters. The fourth-order valence-corrected chi connectivity index (χ4v) is 3.16. The highest BCUT2D eigenvalue weighted by Gasteiger charge is 2.23. The van der Waals surface area contributed by atoms with Gasteiger partial charge in [0.1, 0.15) is 35.6 Å². The summed E-state index contributed by atoms with van der Waals surface area (Å²) < 4.78 is 32.5. The van der Waals surface area contributed by atoms with Crippen molar-refractivity contribution >= 4 is 16.7 Å². The fourth-order valence-electron chi connectivity index (χ4n) is 3.16. The van der Waals surface area contributed by atoms with Gasteiger partial charge in [-0.2, -0.15) is 0 Å². The first kappa shape index (κ1) is 15.7. The Morgan fingerprint density at radius 2 is 1.64 bits per heavy atom. The van der Waals surface area contributed by atoms with E-state index in [1.807, 2.05) is 0 Å². The van der Waals surface area contributed by atoms with Crippen molar-refractivity contribution in [1.82, 2.24) is 9.97 Å². The van der Waals surface area contributed by atoms with Crippen LogP contribution in [0.3, 0.4) is 0 Å². The third-order valence-corrected chi connectivity index (χ3v) is 4.43. The lowest BCUT2D eigenvalue weighted by molar-refractivity contribution is 0.170. The Kier molecular flexibility index (Phi) is 4.17. The Hall–Kier alpha value is -2.76. The van der Waals surface area contributed by atoms with Gasteiger partial charge in [0, 0.05) is 31.3 Å². The van der Waals surface area contributed by atoms with Crippen molar-refractivity contribution < 1.29 is 13.5 Å². The summed E-state index contributed by atoms with van der Waals surface area (Å²) in [5.41, 5.74) is 0.732. The maximum Gasteiger partial charge on any atom is 0.139 e. The van der Waals surface area contributed by atoms with E-state index < -0.39 is 0 Å². The number of piperidine rings is 1. The highest BCUT2D eigenvalue weighted by atomic mass is 19.1.